The third-order valence-electron chi connectivity index (χ3n) is 4.52. The van der Waals surface area contributed by atoms with Gasteiger partial charge in [0.1, 0.15) is 0 Å². The predicted molar refractivity (Wildman–Crippen MR) is 83.1 cm³/mol. The molecule has 0 unspecified atom stereocenters. The average Bonchev–Trinajstić information content (AvgIpc) is 2.58. The van der Waals surface area contributed by atoms with Crippen LogP contribution in [0.3, 0.4) is 0 Å². The molecule has 0 saturated carbocycles. The van der Waals surface area contributed by atoms with Crippen molar-refractivity contribution in [2.24, 2.45) is 5.41 Å². The third-order valence-corrected chi connectivity index (χ3v) is 5.39. The lowest BCUT2D eigenvalue weighted by atomic mass is 9.68. The molecule has 7 heteroatoms. The van der Waals surface area contributed by atoms with Gasteiger partial charge in [-0.1, -0.05) is 17.7 Å². The second-order valence-corrected chi connectivity index (χ2v) is 7.94. The molecule has 2 fully saturated rings. The molecule has 6 nitrogen and oxygen atoms in total. The Kier molecular flexibility index (Phi) is 4.34. The van der Waals surface area contributed by atoms with Crippen LogP contribution >= 0.6 is 0 Å². The van der Waals surface area contributed by atoms with Gasteiger partial charge in [0.25, 0.3) is 10.1 Å². The largest absolute Gasteiger partial charge is 0.351 e. The van der Waals surface area contributed by atoms with Gasteiger partial charge in [-0.05, 0) is 32.9 Å². The molecular weight excluding hydrogens is 304 g/mol. The molecule has 1 aromatic carbocycles. The second kappa shape index (κ2) is 5.64. The van der Waals surface area contributed by atoms with E-state index in [1.54, 1.807) is 12.1 Å². The van der Waals surface area contributed by atoms with Crippen molar-refractivity contribution in [3.63, 3.8) is 0 Å². The van der Waals surface area contributed by atoms with E-state index in [4.69, 9.17) is 4.55 Å². The van der Waals surface area contributed by atoms with E-state index in [2.05, 4.69) is 24.5 Å². The molecule has 0 bridgehead atoms. The van der Waals surface area contributed by atoms with Gasteiger partial charge < -0.3 is 10.6 Å². The normalized spacial score (nSPS) is 21.5. The minimum Gasteiger partial charge on any atom is -0.351 e. The number of hydrogen-bond acceptors (Lipinski definition) is 4. The number of rotatable bonds is 1. The minimum atomic E-state index is -4.02. The molecule has 1 spiro atoms. The molecule has 2 aliphatic rings. The number of benzene rings is 1. The Morgan fingerprint density at radius 3 is 1.95 bits per heavy atom. The van der Waals surface area contributed by atoms with Crippen molar-refractivity contribution in [2.45, 2.75) is 37.6 Å². The van der Waals surface area contributed by atoms with E-state index in [-0.39, 0.29) is 21.8 Å². The van der Waals surface area contributed by atoms with Crippen LogP contribution in [0.4, 0.5) is 0 Å². The van der Waals surface area contributed by atoms with Crippen LogP contribution in [0.1, 0.15) is 25.8 Å². The smallest absolute Gasteiger partial charge is 0.294 e. The molecule has 2 heterocycles. The van der Waals surface area contributed by atoms with Gasteiger partial charge in [-0.25, -0.2) is 0 Å². The summed E-state index contributed by atoms with van der Waals surface area (Å²) < 4.78 is 29.6. The fourth-order valence-corrected chi connectivity index (χ4v) is 3.24. The van der Waals surface area contributed by atoms with Crippen molar-refractivity contribution in [3.05, 3.63) is 29.8 Å². The zero-order valence-corrected chi connectivity index (χ0v) is 13.8. The standard InChI is InChI=1S/C8H14N2O.C7H8O3S/c1-7(2)8(4-9-5-8)3-6(11)10-7;1-6-2-4-7(5-3-6)11(8,9)10/h9H,3-5H2,1-2H3,(H,10,11);2-5H,1H3,(H,8,9,10). The van der Waals surface area contributed by atoms with E-state index in [0.29, 0.717) is 6.42 Å². The van der Waals surface area contributed by atoms with Crippen molar-refractivity contribution in [1.82, 2.24) is 10.6 Å². The monoisotopic (exact) mass is 326 g/mol. The lowest BCUT2D eigenvalue weighted by molar-refractivity contribution is -0.120. The molecule has 3 N–H and O–H groups in total. The van der Waals surface area contributed by atoms with Crippen molar-refractivity contribution < 1.29 is 17.8 Å². The van der Waals surface area contributed by atoms with E-state index >= 15 is 0 Å². The molecule has 0 radical (unpaired) electrons. The first-order valence-corrected chi connectivity index (χ1v) is 8.56. The second-order valence-electron chi connectivity index (χ2n) is 6.52. The van der Waals surface area contributed by atoms with E-state index in [0.717, 1.165) is 18.7 Å². The van der Waals surface area contributed by atoms with Crippen molar-refractivity contribution in [1.29, 1.82) is 0 Å². The Morgan fingerprint density at radius 2 is 1.68 bits per heavy atom. The van der Waals surface area contributed by atoms with Crippen molar-refractivity contribution in [3.8, 4) is 0 Å². The first-order valence-electron chi connectivity index (χ1n) is 7.12. The van der Waals surface area contributed by atoms with Gasteiger partial charge in [-0.15, -0.1) is 0 Å². The highest BCUT2D eigenvalue weighted by Crippen LogP contribution is 2.42. The maximum Gasteiger partial charge on any atom is 0.294 e. The summed E-state index contributed by atoms with van der Waals surface area (Å²) in [6.45, 7) is 8.03. The van der Waals surface area contributed by atoms with E-state index in [1.165, 1.54) is 12.1 Å². The molecule has 1 aromatic rings. The first-order chi connectivity index (χ1) is 10.1. The zero-order valence-electron chi connectivity index (χ0n) is 13.0. The summed E-state index contributed by atoms with van der Waals surface area (Å²) in [6.07, 6.45) is 0.701. The highest BCUT2D eigenvalue weighted by molar-refractivity contribution is 7.85. The molecule has 22 heavy (non-hydrogen) atoms. The zero-order chi connectivity index (χ0) is 16.6. The van der Waals surface area contributed by atoms with Crippen molar-refractivity contribution >= 4 is 16.0 Å². The maximum absolute atomic E-state index is 11.1. The average molecular weight is 326 g/mol. The number of aryl methyl sites for hydroxylation is 1. The van der Waals surface area contributed by atoms with Gasteiger partial charge in [-0.2, -0.15) is 8.42 Å². The summed E-state index contributed by atoms with van der Waals surface area (Å²) in [7, 11) is -4.02. The molecule has 122 valence electrons. The highest BCUT2D eigenvalue weighted by Gasteiger charge is 2.55. The van der Waals surface area contributed by atoms with Crippen LogP contribution in [-0.4, -0.2) is 37.5 Å². The number of amides is 1. The van der Waals surface area contributed by atoms with Crippen LogP contribution in [-0.2, 0) is 14.9 Å². The summed E-state index contributed by atoms with van der Waals surface area (Å²) in [5.41, 5.74) is 1.16. The van der Waals surface area contributed by atoms with Gasteiger partial charge in [-0.3, -0.25) is 9.35 Å². The number of nitrogens with one attached hydrogen (secondary N) is 2. The Morgan fingerprint density at radius 1 is 1.14 bits per heavy atom. The van der Waals surface area contributed by atoms with E-state index < -0.39 is 10.1 Å². The Hall–Kier alpha value is -1.44. The highest BCUT2D eigenvalue weighted by atomic mass is 32.2. The maximum atomic E-state index is 11.1. The van der Waals surface area contributed by atoms with Gasteiger partial charge in [0, 0.05) is 30.5 Å². The Balaban J connectivity index is 0.000000160. The minimum absolute atomic E-state index is 0.00463. The molecule has 0 aromatic heterocycles. The molecule has 0 aliphatic carbocycles. The van der Waals surface area contributed by atoms with Gasteiger partial charge >= 0.3 is 0 Å². The van der Waals surface area contributed by atoms with Gasteiger partial charge in [0.2, 0.25) is 5.91 Å². The van der Waals surface area contributed by atoms with Crippen LogP contribution in [0.5, 0.6) is 0 Å². The van der Waals surface area contributed by atoms with Crippen LogP contribution in [0.2, 0.25) is 0 Å². The van der Waals surface area contributed by atoms with Crippen molar-refractivity contribution in [2.75, 3.05) is 13.1 Å². The molecule has 2 saturated heterocycles. The van der Waals surface area contributed by atoms with Crippen LogP contribution in [0, 0.1) is 12.3 Å². The van der Waals surface area contributed by atoms with Gasteiger partial charge in [0.05, 0.1) is 4.90 Å². The molecule has 2 aliphatic heterocycles. The first kappa shape index (κ1) is 16.9. The fraction of sp³-hybridized carbons (Fsp3) is 0.533. The predicted octanol–water partition coefficient (Wildman–Crippen LogP) is 1.12. The molecule has 3 rings (SSSR count). The van der Waals surface area contributed by atoms with Crippen LogP contribution < -0.4 is 10.6 Å². The summed E-state index contributed by atoms with van der Waals surface area (Å²) in [5.74, 6) is 0.205. The fourth-order valence-electron chi connectivity index (χ4n) is 2.76. The summed E-state index contributed by atoms with van der Waals surface area (Å²) in [4.78, 5) is 11.1. The molecular formula is C15H22N2O4S. The lowest BCUT2D eigenvalue weighted by Crippen LogP contribution is -2.64. The number of carbonyl (C=O) groups excluding carboxylic acids is 1. The molecule has 1 amide bonds. The number of carbonyl (C=O) groups is 1. The van der Waals surface area contributed by atoms with E-state index in [9.17, 15) is 13.2 Å². The topological polar surface area (TPSA) is 95.5 Å². The summed E-state index contributed by atoms with van der Waals surface area (Å²) >= 11 is 0. The summed E-state index contributed by atoms with van der Waals surface area (Å²) in [6, 6.07) is 5.99. The quantitative estimate of drug-likeness (QED) is 0.672. The number of hydrogen-bond donors (Lipinski definition) is 3. The lowest BCUT2D eigenvalue weighted by Gasteiger charge is -2.47. The molecule has 0 atom stereocenters. The van der Waals surface area contributed by atoms with Crippen LogP contribution in [0.15, 0.2) is 29.2 Å². The summed E-state index contributed by atoms with van der Waals surface area (Å²) in [5, 5.41) is 6.23. The van der Waals surface area contributed by atoms with E-state index in [1.807, 2.05) is 6.92 Å². The Labute approximate surface area is 131 Å². The van der Waals surface area contributed by atoms with Crippen LogP contribution in [0.25, 0.3) is 0 Å². The third kappa shape index (κ3) is 3.31. The SMILES string of the molecule is CC1(C)NC(=O)CC12CNC2.Cc1ccc(S(=O)(=O)O)cc1. The van der Waals surface area contributed by atoms with Gasteiger partial charge in [0.15, 0.2) is 0 Å². The Bertz CT molecular complexity index is 661.